The van der Waals surface area contributed by atoms with E-state index in [0.29, 0.717) is 40.2 Å². The maximum absolute atomic E-state index is 12.2. The maximum Gasteiger partial charge on any atom is 0.244 e. The lowest BCUT2D eigenvalue weighted by molar-refractivity contribution is -0.116. The van der Waals surface area contributed by atoms with Crippen molar-refractivity contribution in [2.75, 3.05) is 0 Å². The topological polar surface area (TPSA) is 81.2 Å². The summed E-state index contributed by atoms with van der Waals surface area (Å²) in [4.78, 5) is 20.8. The van der Waals surface area contributed by atoms with Crippen molar-refractivity contribution in [3.63, 3.8) is 0 Å². The largest absolute Gasteiger partial charge is 0.457 e. The Morgan fingerprint density at radius 1 is 0.939 bits per heavy atom. The molecule has 1 N–H and O–H groups in total. The van der Waals surface area contributed by atoms with Gasteiger partial charge >= 0.3 is 0 Å². The first-order valence-corrected chi connectivity index (χ1v) is 10.6. The van der Waals surface area contributed by atoms with E-state index < -0.39 is 0 Å². The molecule has 1 amide bonds. The van der Waals surface area contributed by atoms with Crippen LogP contribution in [0.15, 0.2) is 93.9 Å². The van der Waals surface area contributed by atoms with E-state index in [1.54, 1.807) is 24.4 Å². The van der Waals surface area contributed by atoms with Gasteiger partial charge in [0.05, 0.1) is 0 Å². The van der Waals surface area contributed by atoms with Crippen LogP contribution in [0.4, 0.5) is 0 Å². The Morgan fingerprint density at radius 3 is 2.52 bits per heavy atom. The number of aromatic nitrogens is 2. The Morgan fingerprint density at radius 2 is 1.73 bits per heavy atom. The van der Waals surface area contributed by atoms with Gasteiger partial charge in [-0.05, 0) is 72.3 Å². The van der Waals surface area contributed by atoms with Crippen LogP contribution in [-0.2, 0) is 11.3 Å². The highest BCUT2D eigenvalue weighted by Crippen LogP contribution is 2.25. The number of rotatable bonds is 6. The second kappa shape index (κ2) is 9.14. The van der Waals surface area contributed by atoms with E-state index >= 15 is 0 Å². The second-order valence-electron chi connectivity index (χ2n) is 7.30. The molecular weight excluding hydrogens is 438 g/mol. The number of nitrogens with one attached hydrogen (secondary N) is 1. The lowest BCUT2D eigenvalue weighted by atomic mass is 10.1. The summed E-state index contributed by atoms with van der Waals surface area (Å²) in [5, 5.41) is 3.53. The number of nitrogens with zero attached hydrogens (tertiary/aromatic N) is 2. The van der Waals surface area contributed by atoms with E-state index in [0.717, 1.165) is 16.7 Å². The van der Waals surface area contributed by atoms with E-state index in [-0.39, 0.29) is 5.91 Å². The summed E-state index contributed by atoms with van der Waals surface area (Å²) in [6.07, 6.45) is 4.77. The Kier molecular flexibility index (Phi) is 5.74. The van der Waals surface area contributed by atoms with E-state index in [4.69, 9.17) is 20.4 Å². The van der Waals surface area contributed by atoms with Crippen LogP contribution in [0.5, 0.6) is 0 Å². The number of carbonyl (C=O) groups is 1. The van der Waals surface area contributed by atoms with Gasteiger partial charge in [-0.2, -0.15) is 4.98 Å². The highest BCUT2D eigenvalue weighted by atomic mass is 35.5. The van der Waals surface area contributed by atoms with Gasteiger partial charge < -0.3 is 14.2 Å². The fraction of sp³-hybridized carbons (Fsp3) is 0.0385. The van der Waals surface area contributed by atoms with Crippen molar-refractivity contribution >= 4 is 34.8 Å². The second-order valence-corrected chi connectivity index (χ2v) is 7.74. The quantitative estimate of drug-likeness (QED) is 0.311. The molecule has 0 atom stereocenters. The van der Waals surface area contributed by atoms with E-state index in [1.165, 1.54) is 6.08 Å². The van der Waals surface area contributed by atoms with Gasteiger partial charge in [-0.1, -0.05) is 23.7 Å². The summed E-state index contributed by atoms with van der Waals surface area (Å²) in [7, 11) is 0. The molecule has 3 heterocycles. The summed E-state index contributed by atoms with van der Waals surface area (Å²) in [6, 6.07) is 22.3. The van der Waals surface area contributed by atoms with Crippen LogP contribution in [0.3, 0.4) is 0 Å². The molecule has 0 saturated carbocycles. The van der Waals surface area contributed by atoms with Crippen LogP contribution in [0.2, 0.25) is 5.02 Å². The SMILES string of the molecule is O=C(/C=C/c1ccc(-c2ccc(Cl)cc2)o1)NCc1ccc(-c2nc3ncccc3o2)cc1. The minimum atomic E-state index is -0.214. The predicted molar refractivity (Wildman–Crippen MR) is 127 cm³/mol. The van der Waals surface area contributed by atoms with E-state index in [9.17, 15) is 4.79 Å². The lowest BCUT2D eigenvalue weighted by Crippen LogP contribution is -2.20. The number of halogens is 1. The zero-order valence-corrected chi connectivity index (χ0v) is 18.1. The minimum absolute atomic E-state index is 0.214. The van der Waals surface area contributed by atoms with Crippen LogP contribution in [0, 0.1) is 0 Å². The molecule has 33 heavy (non-hydrogen) atoms. The van der Waals surface area contributed by atoms with Crippen LogP contribution in [-0.4, -0.2) is 15.9 Å². The van der Waals surface area contributed by atoms with Gasteiger partial charge in [-0.15, -0.1) is 0 Å². The average Bonchev–Trinajstić information content (AvgIpc) is 3.49. The number of benzene rings is 2. The Hall–Kier alpha value is -4.16. The molecule has 7 heteroatoms. The molecule has 0 aliphatic rings. The number of amides is 1. The molecule has 3 aromatic heterocycles. The van der Waals surface area contributed by atoms with Crippen LogP contribution < -0.4 is 5.32 Å². The minimum Gasteiger partial charge on any atom is -0.457 e. The van der Waals surface area contributed by atoms with Crippen LogP contribution >= 0.6 is 11.6 Å². The number of oxazole rings is 1. The zero-order chi connectivity index (χ0) is 22.6. The molecule has 0 aliphatic heterocycles. The maximum atomic E-state index is 12.2. The van der Waals surface area contributed by atoms with Gasteiger partial charge in [0.1, 0.15) is 11.5 Å². The fourth-order valence-corrected chi connectivity index (χ4v) is 3.40. The molecule has 5 aromatic rings. The molecule has 0 aliphatic carbocycles. The van der Waals surface area contributed by atoms with Crippen LogP contribution in [0.1, 0.15) is 11.3 Å². The molecule has 6 nitrogen and oxygen atoms in total. The molecule has 0 unspecified atom stereocenters. The van der Waals surface area contributed by atoms with Gasteiger partial charge in [0.15, 0.2) is 11.2 Å². The van der Waals surface area contributed by atoms with Gasteiger partial charge in [-0.25, -0.2) is 4.98 Å². The highest BCUT2D eigenvalue weighted by molar-refractivity contribution is 6.30. The summed E-state index contributed by atoms with van der Waals surface area (Å²) in [5.41, 5.74) is 3.94. The first-order chi connectivity index (χ1) is 16.1. The summed E-state index contributed by atoms with van der Waals surface area (Å²) < 4.78 is 11.5. The molecule has 0 radical (unpaired) electrons. The normalized spacial score (nSPS) is 11.3. The number of carbonyl (C=O) groups excluding carboxylic acids is 1. The van der Waals surface area contributed by atoms with Crippen molar-refractivity contribution in [2.24, 2.45) is 0 Å². The Labute approximate surface area is 194 Å². The zero-order valence-electron chi connectivity index (χ0n) is 17.4. The lowest BCUT2D eigenvalue weighted by Gasteiger charge is -2.03. The molecule has 0 bridgehead atoms. The third-order valence-electron chi connectivity index (χ3n) is 4.99. The van der Waals surface area contributed by atoms with Crippen molar-refractivity contribution in [2.45, 2.75) is 6.54 Å². The van der Waals surface area contributed by atoms with Crippen LogP contribution in [0.25, 0.3) is 40.1 Å². The number of fused-ring (bicyclic) bond motifs is 1. The predicted octanol–water partition coefficient (Wildman–Crippen LogP) is 6.13. The highest BCUT2D eigenvalue weighted by Gasteiger charge is 2.09. The average molecular weight is 456 g/mol. The first-order valence-electron chi connectivity index (χ1n) is 10.3. The monoisotopic (exact) mass is 455 g/mol. The molecule has 5 rings (SSSR count). The smallest absolute Gasteiger partial charge is 0.244 e. The Bertz CT molecular complexity index is 1400. The fourth-order valence-electron chi connectivity index (χ4n) is 3.28. The van der Waals surface area contributed by atoms with Crippen molar-refractivity contribution in [1.82, 2.24) is 15.3 Å². The number of hydrogen-bond acceptors (Lipinski definition) is 5. The third-order valence-corrected chi connectivity index (χ3v) is 5.24. The van der Waals surface area contributed by atoms with Gasteiger partial charge in [0.25, 0.3) is 0 Å². The van der Waals surface area contributed by atoms with Crippen molar-refractivity contribution < 1.29 is 13.6 Å². The van der Waals surface area contributed by atoms with Crippen molar-refractivity contribution in [3.05, 3.63) is 101 Å². The first kappa shape index (κ1) is 20.7. The molecule has 162 valence electrons. The molecule has 0 spiro atoms. The molecule has 0 saturated heterocycles. The number of hydrogen-bond donors (Lipinski definition) is 1. The van der Waals surface area contributed by atoms with Gasteiger partial charge in [-0.3, -0.25) is 4.79 Å². The Balaban J connectivity index is 1.17. The van der Waals surface area contributed by atoms with E-state index in [2.05, 4.69) is 15.3 Å². The van der Waals surface area contributed by atoms with Gasteiger partial charge in [0.2, 0.25) is 11.8 Å². The number of furan rings is 1. The summed E-state index contributed by atoms with van der Waals surface area (Å²) in [6.45, 7) is 0.396. The molecule has 2 aromatic carbocycles. The summed E-state index contributed by atoms with van der Waals surface area (Å²) >= 11 is 5.92. The summed E-state index contributed by atoms with van der Waals surface area (Å²) in [5.74, 6) is 1.60. The molecule has 0 fully saturated rings. The third kappa shape index (κ3) is 4.86. The van der Waals surface area contributed by atoms with Crippen molar-refractivity contribution in [3.8, 4) is 22.8 Å². The standard InChI is InChI=1S/C26H18ClN3O3/c27-20-9-7-18(8-10-20)22-13-11-21(32-22)12-14-24(31)29-16-17-3-5-19(6-4-17)26-30-25-23(33-26)2-1-15-28-25/h1-15H,16H2,(H,29,31)/b14-12+. The molecular formula is C26H18ClN3O3. The number of pyridine rings is 1. The van der Waals surface area contributed by atoms with Crippen molar-refractivity contribution in [1.29, 1.82) is 0 Å². The van der Waals surface area contributed by atoms with Gasteiger partial charge in [0, 0.05) is 35.0 Å². The van der Waals surface area contributed by atoms with E-state index in [1.807, 2.05) is 60.7 Å².